The first-order chi connectivity index (χ1) is 14.2. The fourth-order valence-corrected chi connectivity index (χ4v) is 2.87. The fourth-order valence-electron chi connectivity index (χ4n) is 2.87. The van der Waals surface area contributed by atoms with Crippen molar-refractivity contribution in [1.82, 2.24) is 25.1 Å². The van der Waals surface area contributed by atoms with Gasteiger partial charge in [0.25, 0.3) is 5.91 Å². The predicted molar refractivity (Wildman–Crippen MR) is 109 cm³/mol. The van der Waals surface area contributed by atoms with E-state index in [1.54, 1.807) is 24.2 Å². The minimum Gasteiger partial charge on any atom is -0.497 e. The molecule has 0 radical (unpaired) electrons. The lowest BCUT2D eigenvalue weighted by Gasteiger charge is -2.07. The molecular weight excluding hydrogens is 366 g/mol. The zero-order valence-corrected chi connectivity index (χ0v) is 15.8. The maximum absolute atomic E-state index is 12.7. The number of carbonyl (C=O) groups excluding carboxylic acids is 1. The summed E-state index contributed by atoms with van der Waals surface area (Å²) in [6.07, 6.45) is 3.37. The molecule has 1 N–H and O–H groups in total. The van der Waals surface area contributed by atoms with Crippen LogP contribution in [0.5, 0.6) is 5.75 Å². The Balaban J connectivity index is 1.68. The molecule has 1 amide bonds. The van der Waals surface area contributed by atoms with Gasteiger partial charge in [-0.2, -0.15) is 0 Å². The van der Waals surface area contributed by atoms with Crippen LogP contribution in [0.25, 0.3) is 17.1 Å². The number of aromatic nitrogens is 4. The molecule has 0 bridgehead atoms. The molecule has 2 aromatic carbocycles. The Morgan fingerprint density at radius 1 is 1.03 bits per heavy atom. The topological polar surface area (TPSA) is 81.9 Å². The SMILES string of the molecule is COc1cccc(-c2nc(C(=O)NCc3ccncc3)nn2-c2ccccc2)c1. The van der Waals surface area contributed by atoms with E-state index in [0.29, 0.717) is 18.1 Å². The lowest BCUT2D eigenvalue weighted by Crippen LogP contribution is -2.24. The van der Waals surface area contributed by atoms with E-state index >= 15 is 0 Å². The second-order valence-electron chi connectivity index (χ2n) is 6.28. The van der Waals surface area contributed by atoms with Crippen LogP contribution in [-0.2, 0) is 6.54 Å². The molecular formula is C22H19N5O2. The average molecular weight is 385 g/mol. The van der Waals surface area contributed by atoms with E-state index < -0.39 is 0 Å². The maximum atomic E-state index is 12.7. The molecule has 0 saturated heterocycles. The minimum absolute atomic E-state index is 0.0979. The number of amides is 1. The second kappa shape index (κ2) is 8.35. The Labute approximate surface area is 168 Å². The molecule has 29 heavy (non-hydrogen) atoms. The largest absolute Gasteiger partial charge is 0.497 e. The number of methoxy groups -OCH3 is 1. The Bertz CT molecular complexity index is 1110. The number of para-hydroxylation sites is 1. The van der Waals surface area contributed by atoms with E-state index in [-0.39, 0.29) is 11.7 Å². The molecule has 2 aromatic heterocycles. The lowest BCUT2D eigenvalue weighted by molar-refractivity contribution is 0.0940. The molecule has 0 aliphatic carbocycles. The standard InChI is InChI=1S/C22H19N5O2/c1-29-19-9-5-6-17(14-19)21-25-20(26-27(21)18-7-3-2-4-8-18)22(28)24-15-16-10-12-23-13-11-16/h2-14H,15H2,1H3,(H,24,28). The molecule has 0 aliphatic rings. The number of nitrogens with one attached hydrogen (secondary N) is 1. The van der Waals surface area contributed by atoms with Gasteiger partial charge in [-0.25, -0.2) is 9.67 Å². The summed E-state index contributed by atoms with van der Waals surface area (Å²) in [5.74, 6) is 1.01. The molecule has 0 spiro atoms. The van der Waals surface area contributed by atoms with Crippen LogP contribution in [0.1, 0.15) is 16.2 Å². The van der Waals surface area contributed by atoms with Gasteiger partial charge in [0.1, 0.15) is 5.75 Å². The zero-order chi connectivity index (χ0) is 20.1. The van der Waals surface area contributed by atoms with Crippen LogP contribution in [0.2, 0.25) is 0 Å². The van der Waals surface area contributed by atoms with E-state index in [1.807, 2.05) is 66.7 Å². The van der Waals surface area contributed by atoms with Gasteiger partial charge >= 0.3 is 0 Å². The van der Waals surface area contributed by atoms with Crippen molar-refractivity contribution in [2.45, 2.75) is 6.54 Å². The summed E-state index contributed by atoms with van der Waals surface area (Å²) in [6, 6.07) is 20.8. The van der Waals surface area contributed by atoms with Crippen LogP contribution in [0.4, 0.5) is 0 Å². The first-order valence-electron chi connectivity index (χ1n) is 9.08. The highest BCUT2D eigenvalue weighted by molar-refractivity contribution is 5.91. The van der Waals surface area contributed by atoms with Gasteiger partial charge in [-0.3, -0.25) is 9.78 Å². The van der Waals surface area contributed by atoms with Gasteiger partial charge in [-0.05, 0) is 42.0 Å². The summed E-state index contributed by atoms with van der Waals surface area (Å²) >= 11 is 0. The van der Waals surface area contributed by atoms with Crippen molar-refractivity contribution in [3.05, 3.63) is 90.5 Å². The molecule has 4 rings (SSSR count). The molecule has 7 heteroatoms. The summed E-state index contributed by atoms with van der Waals surface area (Å²) in [5, 5.41) is 7.32. The van der Waals surface area contributed by atoms with Crippen molar-refractivity contribution in [2.24, 2.45) is 0 Å². The number of carbonyl (C=O) groups is 1. The van der Waals surface area contributed by atoms with Crippen molar-refractivity contribution in [2.75, 3.05) is 7.11 Å². The average Bonchev–Trinajstić information content (AvgIpc) is 3.24. The first kappa shape index (κ1) is 18.4. The fraction of sp³-hybridized carbons (Fsp3) is 0.0909. The zero-order valence-electron chi connectivity index (χ0n) is 15.8. The van der Waals surface area contributed by atoms with E-state index in [4.69, 9.17) is 4.74 Å². The third-order valence-electron chi connectivity index (χ3n) is 4.34. The third kappa shape index (κ3) is 4.14. The predicted octanol–water partition coefficient (Wildman–Crippen LogP) is 3.27. The Morgan fingerprint density at radius 3 is 2.59 bits per heavy atom. The number of rotatable bonds is 6. The van der Waals surface area contributed by atoms with Crippen molar-refractivity contribution in [3.8, 4) is 22.8 Å². The van der Waals surface area contributed by atoms with E-state index in [1.165, 1.54) is 0 Å². The summed E-state index contributed by atoms with van der Waals surface area (Å²) in [4.78, 5) is 21.2. The Hall–Kier alpha value is -4.00. The molecule has 0 saturated carbocycles. The monoisotopic (exact) mass is 385 g/mol. The van der Waals surface area contributed by atoms with Crippen LogP contribution in [-0.4, -0.2) is 32.8 Å². The van der Waals surface area contributed by atoms with Gasteiger partial charge in [-0.1, -0.05) is 30.3 Å². The van der Waals surface area contributed by atoms with Crippen molar-refractivity contribution >= 4 is 5.91 Å². The molecule has 2 heterocycles. The summed E-state index contributed by atoms with van der Waals surface area (Å²) in [5.41, 5.74) is 2.56. The Morgan fingerprint density at radius 2 is 1.83 bits per heavy atom. The molecule has 144 valence electrons. The van der Waals surface area contributed by atoms with Gasteiger partial charge in [0.2, 0.25) is 5.82 Å². The number of pyridine rings is 1. The van der Waals surface area contributed by atoms with Crippen molar-refractivity contribution < 1.29 is 9.53 Å². The highest BCUT2D eigenvalue weighted by atomic mass is 16.5. The quantitative estimate of drug-likeness (QED) is 0.551. The van der Waals surface area contributed by atoms with E-state index in [2.05, 4.69) is 20.4 Å². The number of hydrogen-bond donors (Lipinski definition) is 1. The minimum atomic E-state index is -0.347. The number of ether oxygens (including phenoxy) is 1. The molecule has 0 atom stereocenters. The van der Waals surface area contributed by atoms with Crippen molar-refractivity contribution in [1.29, 1.82) is 0 Å². The number of nitrogens with zero attached hydrogens (tertiary/aromatic N) is 4. The van der Waals surface area contributed by atoms with Gasteiger partial charge < -0.3 is 10.1 Å². The molecule has 0 fully saturated rings. The maximum Gasteiger partial charge on any atom is 0.291 e. The second-order valence-corrected chi connectivity index (χ2v) is 6.28. The van der Waals surface area contributed by atoms with Gasteiger partial charge in [0, 0.05) is 24.5 Å². The molecule has 0 unspecified atom stereocenters. The van der Waals surface area contributed by atoms with Crippen LogP contribution in [0.3, 0.4) is 0 Å². The van der Waals surface area contributed by atoms with Gasteiger partial charge in [-0.15, -0.1) is 5.10 Å². The highest BCUT2D eigenvalue weighted by Crippen LogP contribution is 2.24. The molecule has 4 aromatic rings. The smallest absolute Gasteiger partial charge is 0.291 e. The van der Waals surface area contributed by atoms with Crippen LogP contribution >= 0.6 is 0 Å². The molecule has 0 aliphatic heterocycles. The number of benzene rings is 2. The highest BCUT2D eigenvalue weighted by Gasteiger charge is 2.19. The number of hydrogen-bond acceptors (Lipinski definition) is 5. The third-order valence-corrected chi connectivity index (χ3v) is 4.34. The molecule has 7 nitrogen and oxygen atoms in total. The van der Waals surface area contributed by atoms with Crippen LogP contribution in [0, 0.1) is 0 Å². The summed E-state index contributed by atoms with van der Waals surface area (Å²) in [6.45, 7) is 0.371. The summed E-state index contributed by atoms with van der Waals surface area (Å²) < 4.78 is 6.98. The summed E-state index contributed by atoms with van der Waals surface area (Å²) in [7, 11) is 1.61. The Kier molecular flexibility index (Phi) is 5.29. The first-order valence-corrected chi connectivity index (χ1v) is 9.08. The van der Waals surface area contributed by atoms with Crippen LogP contribution < -0.4 is 10.1 Å². The lowest BCUT2D eigenvalue weighted by atomic mass is 10.2. The van der Waals surface area contributed by atoms with E-state index in [9.17, 15) is 4.79 Å². The van der Waals surface area contributed by atoms with Gasteiger partial charge in [0.15, 0.2) is 5.82 Å². The van der Waals surface area contributed by atoms with Crippen LogP contribution in [0.15, 0.2) is 79.1 Å². The normalized spacial score (nSPS) is 10.5. The van der Waals surface area contributed by atoms with E-state index in [0.717, 1.165) is 16.8 Å². The van der Waals surface area contributed by atoms with Gasteiger partial charge in [0.05, 0.1) is 12.8 Å². The van der Waals surface area contributed by atoms with Crippen molar-refractivity contribution in [3.63, 3.8) is 0 Å².